The zero-order chi connectivity index (χ0) is 14.9. The first-order valence-electron chi connectivity index (χ1n) is 8.83. The smallest absolute Gasteiger partial charge is 0.309 e. The summed E-state index contributed by atoms with van der Waals surface area (Å²) in [6.45, 7) is 6.70. The first kappa shape index (κ1) is 14.0. The van der Waals surface area contributed by atoms with Crippen molar-refractivity contribution in [1.82, 2.24) is 0 Å². The highest BCUT2D eigenvalue weighted by molar-refractivity contribution is 5.73. The number of ether oxygens (including phenoxy) is 1. The van der Waals surface area contributed by atoms with Gasteiger partial charge in [-0.1, -0.05) is 13.8 Å². The quantitative estimate of drug-likeness (QED) is 0.642. The lowest BCUT2D eigenvalue weighted by molar-refractivity contribution is -0.155. The Labute approximate surface area is 127 Å². The Bertz CT molecular complexity index is 446. The molecule has 0 saturated heterocycles. The highest BCUT2D eigenvalue weighted by Gasteiger charge is 2.66. The van der Waals surface area contributed by atoms with E-state index in [2.05, 4.69) is 13.8 Å². The molecule has 4 bridgehead atoms. The van der Waals surface area contributed by atoms with Crippen LogP contribution < -0.4 is 0 Å². The van der Waals surface area contributed by atoms with Gasteiger partial charge in [0.25, 0.3) is 0 Å². The summed E-state index contributed by atoms with van der Waals surface area (Å²) in [5.74, 6) is 6.65. The third kappa shape index (κ3) is 1.85. The van der Waals surface area contributed by atoms with Crippen LogP contribution in [-0.4, -0.2) is 23.8 Å². The van der Waals surface area contributed by atoms with Crippen LogP contribution in [-0.2, 0) is 9.53 Å². The highest BCUT2D eigenvalue weighted by Crippen LogP contribution is 2.71. The predicted octanol–water partition coefficient (Wildman–Crippen LogP) is 2.72. The number of hydrogen-bond acceptors (Lipinski definition) is 3. The minimum Gasteiger partial charge on any atom is -0.463 e. The molecule has 3 heteroatoms. The lowest BCUT2D eigenvalue weighted by Gasteiger charge is -2.43. The largest absolute Gasteiger partial charge is 0.463 e. The Hall–Kier alpha value is -0.570. The number of hydrogen-bond donors (Lipinski definition) is 1. The summed E-state index contributed by atoms with van der Waals surface area (Å²) in [5, 5.41) is 9.30. The van der Waals surface area contributed by atoms with Gasteiger partial charge in [-0.15, -0.1) is 0 Å². The predicted molar refractivity (Wildman–Crippen MR) is 79.2 cm³/mol. The first-order chi connectivity index (χ1) is 9.99. The molecule has 0 aromatic heterocycles. The van der Waals surface area contributed by atoms with E-state index < -0.39 is 6.10 Å². The van der Waals surface area contributed by atoms with Crippen molar-refractivity contribution in [1.29, 1.82) is 0 Å². The maximum absolute atomic E-state index is 12.3. The molecule has 10 atom stereocenters. The van der Waals surface area contributed by atoms with Crippen LogP contribution >= 0.6 is 0 Å². The normalized spacial score (nSPS) is 54.8. The van der Waals surface area contributed by atoms with Crippen LogP contribution in [0, 0.1) is 53.3 Å². The molecule has 118 valence electrons. The maximum atomic E-state index is 12.3. The molecule has 4 fully saturated rings. The van der Waals surface area contributed by atoms with E-state index in [4.69, 9.17) is 4.74 Å². The molecule has 1 N–H and O–H groups in total. The van der Waals surface area contributed by atoms with E-state index in [0.717, 1.165) is 47.8 Å². The average molecular weight is 292 g/mol. The van der Waals surface area contributed by atoms with Crippen LogP contribution in [0.4, 0.5) is 0 Å². The highest BCUT2D eigenvalue weighted by atomic mass is 16.5. The van der Waals surface area contributed by atoms with Crippen LogP contribution in [0.15, 0.2) is 0 Å². The molecule has 0 aliphatic heterocycles. The lowest BCUT2D eigenvalue weighted by Crippen LogP contribution is -2.41. The molecule has 0 radical (unpaired) electrons. The van der Waals surface area contributed by atoms with Crippen molar-refractivity contribution in [2.24, 2.45) is 53.3 Å². The zero-order valence-electron chi connectivity index (χ0n) is 13.4. The fourth-order valence-electron chi connectivity index (χ4n) is 6.81. The van der Waals surface area contributed by atoms with E-state index in [0.29, 0.717) is 5.92 Å². The molecule has 0 heterocycles. The number of aliphatic hydroxyl groups excluding tert-OH is 1. The number of rotatable bonds is 3. The van der Waals surface area contributed by atoms with Gasteiger partial charge in [-0.3, -0.25) is 4.79 Å². The van der Waals surface area contributed by atoms with Crippen molar-refractivity contribution in [2.75, 3.05) is 6.61 Å². The van der Waals surface area contributed by atoms with Gasteiger partial charge in [-0.25, -0.2) is 0 Å². The molecule has 0 aromatic rings. The SMILES string of the molecule is CC(O)COC(=O)C1CC2CC1C1C3CC(C(C)C3C)C21. The Balaban J connectivity index is 1.49. The van der Waals surface area contributed by atoms with E-state index in [1.807, 2.05) is 0 Å². The summed E-state index contributed by atoms with van der Waals surface area (Å²) in [4.78, 5) is 12.3. The van der Waals surface area contributed by atoms with Gasteiger partial charge in [-0.05, 0) is 73.5 Å². The molecule has 4 saturated carbocycles. The second kappa shape index (κ2) is 4.71. The summed E-state index contributed by atoms with van der Waals surface area (Å²) in [6.07, 6.45) is 3.18. The van der Waals surface area contributed by atoms with Gasteiger partial charge < -0.3 is 9.84 Å². The Kier molecular flexibility index (Phi) is 3.15. The number of fused-ring (bicyclic) bond motifs is 9. The van der Waals surface area contributed by atoms with Crippen molar-refractivity contribution in [3.63, 3.8) is 0 Å². The first-order valence-corrected chi connectivity index (χ1v) is 8.83. The van der Waals surface area contributed by atoms with Crippen LogP contribution in [0.3, 0.4) is 0 Å². The zero-order valence-corrected chi connectivity index (χ0v) is 13.4. The van der Waals surface area contributed by atoms with E-state index in [1.165, 1.54) is 12.8 Å². The molecule has 4 aliphatic rings. The molecule has 10 unspecified atom stereocenters. The van der Waals surface area contributed by atoms with Gasteiger partial charge in [0.1, 0.15) is 6.61 Å². The van der Waals surface area contributed by atoms with Crippen molar-refractivity contribution in [2.45, 2.75) is 46.1 Å². The molecule has 21 heavy (non-hydrogen) atoms. The number of esters is 1. The van der Waals surface area contributed by atoms with Gasteiger partial charge in [0.2, 0.25) is 0 Å². The third-order valence-electron chi connectivity index (χ3n) is 7.61. The molecular weight excluding hydrogens is 264 g/mol. The van der Waals surface area contributed by atoms with Gasteiger partial charge in [0, 0.05) is 0 Å². The molecule has 0 spiro atoms. The molecule has 3 nitrogen and oxygen atoms in total. The molecular formula is C18H28O3. The molecule has 4 rings (SSSR count). The summed E-state index contributed by atoms with van der Waals surface area (Å²) >= 11 is 0. The second-order valence-corrected chi connectivity index (χ2v) is 8.42. The number of carbonyl (C=O) groups is 1. The van der Waals surface area contributed by atoms with Crippen LogP contribution in [0.1, 0.15) is 40.0 Å². The van der Waals surface area contributed by atoms with E-state index in [-0.39, 0.29) is 18.5 Å². The fourth-order valence-corrected chi connectivity index (χ4v) is 6.81. The van der Waals surface area contributed by atoms with Gasteiger partial charge in [0.15, 0.2) is 0 Å². The maximum Gasteiger partial charge on any atom is 0.309 e. The second-order valence-electron chi connectivity index (χ2n) is 8.42. The lowest BCUT2D eigenvalue weighted by atomic mass is 9.62. The minimum absolute atomic E-state index is 0.0367. The topological polar surface area (TPSA) is 46.5 Å². The molecule has 0 aromatic carbocycles. The van der Waals surface area contributed by atoms with Crippen LogP contribution in [0.5, 0.6) is 0 Å². The molecule has 4 aliphatic carbocycles. The summed E-state index contributed by atoms with van der Waals surface area (Å²) in [7, 11) is 0. The Morgan fingerprint density at radius 1 is 1.10 bits per heavy atom. The standard InChI is InChI=1S/C18H28O3/c1-8(19)7-21-18(20)15-5-11-4-14(15)17-13-6-12(16(11)17)9(2)10(13)3/h8-17,19H,4-7H2,1-3H3. The van der Waals surface area contributed by atoms with E-state index in [9.17, 15) is 9.90 Å². The van der Waals surface area contributed by atoms with Crippen LogP contribution in [0.25, 0.3) is 0 Å². The fraction of sp³-hybridized carbons (Fsp3) is 0.944. The summed E-state index contributed by atoms with van der Waals surface area (Å²) in [5.41, 5.74) is 0. The van der Waals surface area contributed by atoms with Crippen molar-refractivity contribution in [3.05, 3.63) is 0 Å². The monoisotopic (exact) mass is 292 g/mol. The Morgan fingerprint density at radius 2 is 1.76 bits per heavy atom. The minimum atomic E-state index is -0.552. The molecule has 0 amide bonds. The van der Waals surface area contributed by atoms with Crippen LogP contribution in [0.2, 0.25) is 0 Å². The third-order valence-corrected chi connectivity index (χ3v) is 7.61. The van der Waals surface area contributed by atoms with Crippen molar-refractivity contribution in [3.8, 4) is 0 Å². The summed E-state index contributed by atoms with van der Waals surface area (Å²) < 4.78 is 5.33. The summed E-state index contributed by atoms with van der Waals surface area (Å²) in [6, 6.07) is 0. The van der Waals surface area contributed by atoms with Crippen molar-refractivity contribution >= 4 is 5.97 Å². The van der Waals surface area contributed by atoms with Crippen molar-refractivity contribution < 1.29 is 14.6 Å². The number of carbonyl (C=O) groups excluding carboxylic acids is 1. The van der Waals surface area contributed by atoms with E-state index in [1.54, 1.807) is 6.92 Å². The van der Waals surface area contributed by atoms with Gasteiger partial charge in [0.05, 0.1) is 12.0 Å². The Morgan fingerprint density at radius 3 is 2.43 bits per heavy atom. The number of aliphatic hydroxyl groups is 1. The average Bonchev–Trinajstić information content (AvgIpc) is 3.15. The van der Waals surface area contributed by atoms with E-state index >= 15 is 0 Å². The van der Waals surface area contributed by atoms with Gasteiger partial charge in [-0.2, -0.15) is 0 Å². The van der Waals surface area contributed by atoms with Gasteiger partial charge >= 0.3 is 5.97 Å².